The highest BCUT2D eigenvalue weighted by atomic mass is 32.2. The molecule has 1 aliphatic rings. The van der Waals surface area contributed by atoms with Crippen LogP contribution in [0, 0.1) is 0 Å². The lowest BCUT2D eigenvalue weighted by Gasteiger charge is -2.40. The molecule has 0 spiro atoms. The quantitative estimate of drug-likeness (QED) is 0.839. The van der Waals surface area contributed by atoms with Gasteiger partial charge >= 0.3 is 0 Å². The van der Waals surface area contributed by atoms with Crippen LogP contribution in [-0.4, -0.2) is 26.0 Å². The van der Waals surface area contributed by atoms with E-state index in [1.54, 1.807) is 36.0 Å². The van der Waals surface area contributed by atoms with Crippen molar-refractivity contribution in [3.8, 4) is 0 Å². The smallest absolute Gasteiger partial charge is 0.240 e. The molecule has 0 aromatic heterocycles. The average molecular weight is 300 g/mol. The Balaban J connectivity index is 2.14. The van der Waals surface area contributed by atoms with Crippen molar-refractivity contribution in [2.75, 3.05) is 12.8 Å². The van der Waals surface area contributed by atoms with Gasteiger partial charge in [0.15, 0.2) is 0 Å². The molecule has 1 aromatic rings. The molecular formula is C13H20N2O2S2. The van der Waals surface area contributed by atoms with E-state index in [2.05, 4.69) is 4.72 Å². The van der Waals surface area contributed by atoms with Crippen LogP contribution < -0.4 is 10.5 Å². The van der Waals surface area contributed by atoms with Gasteiger partial charge in [-0.25, -0.2) is 13.1 Å². The average Bonchev–Trinajstić information content (AvgIpc) is 2.38. The zero-order valence-corrected chi connectivity index (χ0v) is 12.7. The maximum atomic E-state index is 12.3. The second kappa shape index (κ2) is 5.83. The molecule has 106 valence electrons. The predicted octanol–water partition coefficient (Wildman–Crippen LogP) is 1.71. The Morgan fingerprint density at radius 1 is 1.37 bits per heavy atom. The number of nitrogens with one attached hydrogen (secondary N) is 1. The molecule has 4 nitrogen and oxygen atoms in total. The minimum Gasteiger partial charge on any atom is -0.326 e. The molecule has 19 heavy (non-hydrogen) atoms. The number of thioether (sulfide) groups is 1. The fourth-order valence-electron chi connectivity index (χ4n) is 2.26. The van der Waals surface area contributed by atoms with Crippen LogP contribution >= 0.6 is 11.8 Å². The molecule has 0 aliphatic heterocycles. The summed E-state index contributed by atoms with van der Waals surface area (Å²) in [4.78, 5) is 0.299. The highest BCUT2D eigenvalue weighted by Crippen LogP contribution is 2.42. The van der Waals surface area contributed by atoms with Gasteiger partial charge in [0.1, 0.15) is 0 Å². The summed E-state index contributed by atoms with van der Waals surface area (Å²) in [6, 6.07) is 6.89. The molecule has 0 amide bonds. The van der Waals surface area contributed by atoms with Crippen molar-refractivity contribution in [3.63, 3.8) is 0 Å². The zero-order valence-electron chi connectivity index (χ0n) is 11.1. The minimum atomic E-state index is -3.47. The Bertz CT molecular complexity index is 534. The van der Waals surface area contributed by atoms with E-state index in [1.807, 2.05) is 6.26 Å². The normalized spacial score (nSPS) is 18.0. The van der Waals surface area contributed by atoms with Crippen LogP contribution in [-0.2, 0) is 16.6 Å². The highest BCUT2D eigenvalue weighted by molar-refractivity contribution is 8.00. The third-order valence-corrected chi connectivity index (χ3v) is 6.68. The van der Waals surface area contributed by atoms with Crippen molar-refractivity contribution >= 4 is 21.8 Å². The third-order valence-electron chi connectivity index (χ3n) is 3.76. The maximum Gasteiger partial charge on any atom is 0.240 e. The molecule has 0 atom stereocenters. The Morgan fingerprint density at radius 3 is 2.58 bits per heavy atom. The molecule has 1 saturated carbocycles. The summed E-state index contributed by atoms with van der Waals surface area (Å²) in [7, 11) is -3.47. The lowest BCUT2D eigenvalue weighted by molar-refractivity contribution is 0.362. The Kier molecular flexibility index (Phi) is 4.55. The van der Waals surface area contributed by atoms with Gasteiger partial charge < -0.3 is 5.73 Å². The number of hydrogen-bond donors (Lipinski definition) is 2. The van der Waals surface area contributed by atoms with E-state index >= 15 is 0 Å². The van der Waals surface area contributed by atoms with Crippen molar-refractivity contribution in [3.05, 3.63) is 29.8 Å². The number of rotatable bonds is 6. The van der Waals surface area contributed by atoms with E-state index in [-0.39, 0.29) is 11.3 Å². The van der Waals surface area contributed by atoms with Crippen LogP contribution in [0.1, 0.15) is 24.8 Å². The van der Waals surface area contributed by atoms with Crippen molar-refractivity contribution in [1.82, 2.24) is 4.72 Å². The number of nitrogens with two attached hydrogens (primary N) is 1. The molecular weight excluding hydrogens is 280 g/mol. The van der Waals surface area contributed by atoms with Gasteiger partial charge in [-0.05, 0) is 30.7 Å². The molecule has 1 aliphatic carbocycles. The molecule has 2 rings (SSSR count). The SMILES string of the molecule is CSC1(CNS(=O)(=O)c2ccccc2CN)CCC1. The van der Waals surface area contributed by atoms with Gasteiger partial charge in [0.2, 0.25) is 10.0 Å². The molecule has 1 aromatic carbocycles. The molecule has 6 heteroatoms. The summed E-state index contributed by atoms with van der Waals surface area (Å²) in [5, 5.41) is 0. The van der Waals surface area contributed by atoms with E-state index in [1.165, 1.54) is 6.42 Å². The number of benzene rings is 1. The first-order chi connectivity index (χ1) is 9.03. The standard InChI is InChI=1S/C13H20N2O2S2/c1-18-13(7-4-8-13)10-15-19(16,17)12-6-3-2-5-11(12)9-14/h2-3,5-6,15H,4,7-10,14H2,1H3. The van der Waals surface area contributed by atoms with Crippen LogP contribution in [0.15, 0.2) is 29.2 Å². The van der Waals surface area contributed by atoms with Crippen LogP contribution in [0.5, 0.6) is 0 Å². The highest BCUT2D eigenvalue weighted by Gasteiger charge is 2.37. The Labute approximate surface area is 119 Å². The Hall–Kier alpha value is -0.560. The van der Waals surface area contributed by atoms with E-state index in [0.29, 0.717) is 17.0 Å². The van der Waals surface area contributed by atoms with Crippen LogP contribution in [0.4, 0.5) is 0 Å². The van der Waals surface area contributed by atoms with Gasteiger partial charge in [-0.15, -0.1) is 0 Å². The first kappa shape index (κ1) is 14.8. The molecule has 0 bridgehead atoms. The summed E-state index contributed by atoms with van der Waals surface area (Å²) in [6.45, 7) is 0.722. The first-order valence-corrected chi connectivity index (χ1v) is 9.07. The lowest BCUT2D eigenvalue weighted by atomic mass is 9.84. The van der Waals surface area contributed by atoms with E-state index < -0.39 is 10.0 Å². The molecule has 0 radical (unpaired) electrons. The fraction of sp³-hybridized carbons (Fsp3) is 0.538. The number of sulfonamides is 1. The van der Waals surface area contributed by atoms with Crippen LogP contribution in [0.2, 0.25) is 0 Å². The predicted molar refractivity (Wildman–Crippen MR) is 79.6 cm³/mol. The fourth-order valence-corrected chi connectivity index (χ4v) is 4.64. The second-order valence-electron chi connectivity index (χ2n) is 4.88. The van der Waals surface area contributed by atoms with Gasteiger partial charge in [-0.3, -0.25) is 0 Å². The largest absolute Gasteiger partial charge is 0.326 e. The summed E-state index contributed by atoms with van der Waals surface area (Å²) < 4.78 is 27.5. The lowest BCUT2D eigenvalue weighted by Crippen LogP contribution is -2.45. The van der Waals surface area contributed by atoms with E-state index in [4.69, 9.17) is 5.73 Å². The van der Waals surface area contributed by atoms with Crippen molar-refractivity contribution in [2.45, 2.75) is 35.4 Å². The van der Waals surface area contributed by atoms with Gasteiger partial charge in [0, 0.05) is 17.8 Å². The van der Waals surface area contributed by atoms with Gasteiger partial charge in [0.05, 0.1) is 4.90 Å². The van der Waals surface area contributed by atoms with Crippen molar-refractivity contribution in [1.29, 1.82) is 0 Å². The molecule has 0 heterocycles. The topological polar surface area (TPSA) is 72.2 Å². The molecule has 0 saturated heterocycles. The van der Waals surface area contributed by atoms with Crippen molar-refractivity contribution < 1.29 is 8.42 Å². The first-order valence-electron chi connectivity index (χ1n) is 6.36. The maximum absolute atomic E-state index is 12.3. The van der Waals surface area contributed by atoms with Crippen LogP contribution in [0.25, 0.3) is 0 Å². The van der Waals surface area contributed by atoms with Crippen LogP contribution in [0.3, 0.4) is 0 Å². The zero-order chi connectivity index (χ0) is 13.9. The summed E-state index contributed by atoms with van der Waals surface area (Å²) >= 11 is 1.75. The van der Waals surface area contributed by atoms with E-state index in [0.717, 1.165) is 12.8 Å². The monoisotopic (exact) mass is 300 g/mol. The van der Waals surface area contributed by atoms with Crippen molar-refractivity contribution in [2.24, 2.45) is 5.73 Å². The minimum absolute atomic E-state index is 0.0880. The molecule has 3 N–H and O–H groups in total. The molecule has 0 unspecified atom stereocenters. The van der Waals surface area contributed by atoms with E-state index in [9.17, 15) is 8.42 Å². The van der Waals surface area contributed by atoms with Gasteiger partial charge in [-0.2, -0.15) is 11.8 Å². The summed E-state index contributed by atoms with van der Waals surface area (Å²) in [6.07, 6.45) is 5.38. The van der Waals surface area contributed by atoms with Gasteiger partial charge in [-0.1, -0.05) is 24.6 Å². The molecule has 1 fully saturated rings. The Morgan fingerprint density at radius 2 is 2.05 bits per heavy atom. The van der Waals surface area contributed by atoms with Gasteiger partial charge in [0.25, 0.3) is 0 Å². The summed E-state index contributed by atoms with van der Waals surface area (Å²) in [5.74, 6) is 0. The third kappa shape index (κ3) is 3.13. The second-order valence-corrected chi connectivity index (χ2v) is 7.89. The summed E-state index contributed by atoms with van der Waals surface area (Å²) in [5.41, 5.74) is 6.25. The number of hydrogen-bond acceptors (Lipinski definition) is 4.